The van der Waals surface area contributed by atoms with Crippen LogP contribution in [0.2, 0.25) is 10.0 Å². The lowest BCUT2D eigenvalue weighted by atomic mass is 9.99. The molecule has 2 N–H and O–H groups in total. The van der Waals surface area contributed by atoms with E-state index in [0.29, 0.717) is 28.2 Å². The largest absolute Gasteiger partial charge is 0.337 e. The molecular weight excluding hydrogens is 297 g/mol. The number of nitrogens with zero attached hydrogens (tertiary/aromatic N) is 2. The van der Waals surface area contributed by atoms with Crippen LogP contribution in [0.3, 0.4) is 0 Å². The third-order valence-corrected chi connectivity index (χ3v) is 4.49. The van der Waals surface area contributed by atoms with Gasteiger partial charge in [-0.15, -0.1) is 0 Å². The van der Waals surface area contributed by atoms with Crippen molar-refractivity contribution in [3.05, 3.63) is 45.5 Å². The van der Waals surface area contributed by atoms with Crippen molar-refractivity contribution in [2.45, 2.75) is 37.6 Å². The highest BCUT2D eigenvalue weighted by Crippen LogP contribution is 2.35. The van der Waals surface area contributed by atoms with Crippen LogP contribution in [-0.4, -0.2) is 10.1 Å². The highest BCUT2D eigenvalue weighted by Gasteiger charge is 2.36. The topological polar surface area (TPSA) is 64.9 Å². The van der Waals surface area contributed by atoms with Gasteiger partial charge in [-0.3, -0.25) is 0 Å². The molecule has 0 bridgehead atoms. The highest BCUT2D eigenvalue weighted by atomic mass is 35.5. The lowest BCUT2D eigenvalue weighted by molar-refractivity contribution is 0.284. The Morgan fingerprint density at radius 2 is 1.85 bits per heavy atom. The number of rotatable bonds is 3. The Hall–Kier alpha value is -1.10. The minimum atomic E-state index is -0.463. The highest BCUT2D eigenvalue weighted by molar-refractivity contribution is 6.36. The summed E-state index contributed by atoms with van der Waals surface area (Å²) in [5.41, 5.74) is 6.64. The predicted octanol–water partition coefficient (Wildman–Crippen LogP) is 3.70. The van der Waals surface area contributed by atoms with E-state index in [4.69, 9.17) is 33.5 Å². The molecule has 6 heteroatoms. The molecule has 0 radical (unpaired) electrons. The summed E-state index contributed by atoms with van der Waals surface area (Å²) in [6.07, 6.45) is 4.43. The van der Waals surface area contributed by atoms with E-state index in [-0.39, 0.29) is 0 Å². The summed E-state index contributed by atoms with van der Waals surface area (Å²) >= 11 is 12.3. The molecule has 0 atom stereocenters. The maximum Gasteiger partial charge on any atom is 0.246 e. The lowest BCUT2D eigenvalue weighted by Crippen LogP contribution is -2.33. The molecule has 0 saturated heterocycles. The molecule has 4 nitrogen and oxygen atoms in total. The molecule has 0 unspecified atom stereocenters. The minimum absolute atomic E-state index is 0.443. The Morgan fingerprint density at radius 1 is 1.20 bits per heavy atom. The molecule has 1 aliphatic carbocycles. The normalized spacial score (nSPS) is 17.6. The quantitative estimate of drug-likeness (QED) is 0.938. The zero-order valence-electron chi connectivity index (χ0n) is 10.9. The van der Waals surface area contributed by atoms with Crippen molar-refractivity contribution in [1.29, 1.82) is 0 Å². The Bertz CT molecular complexity index is 600. The van der Waals surface area contributed by atoms with Gasteiger partial charge >= 0.3 is 0 Å². The summed E-state index contributed by atoms with van der Waals surface area (Å²) in [7, 11) is 0. The molecule has 1 aromatic heterocycles. The smallest absolute Gasteiger partial charge is 0.246 e. The second kappa shape index (κ2) is 5.35. The van der Waals surface area contributed by atoms with Gasteiger partial charge < -0.3 is 10.3 Å². The lowest BCUT2D eigenvalue weighted by Gasteiger charge is -2.17. The Labute approximate surface area is 127 Å². The first-order valence-corrected chi connectivity index (χ1v) is 7.39. The number of aromatic nitrogens is 2. The summed E-state index contributed by atoms with van der Waals surface area (Å²) in [5.74, 6) is 1.08. The van der Waals surface area contributed by atoms with Gasteiger partial charge in [-0.2, -0.15) is 4.98 Å². The van der Waals surface area contributed by atoms with Crippen LogP contribution in [-0.2, 0) is 12.0 Å². The van der Waals surface area contributed by atoms with E-state index < -0.39 is 5.54 Å². The summed E-state index contributed by atoms with van der Waals surface area (Å²) in [6, 6.07) is 5.40. The van der Waals surface area contributed by atoms with Gasteiger partial charge in [0.25, 0.3) is 0 Å². The molecule has 0 amide bonds. The fourth-order valence-electron chi connectivity index (χ4n) is 2.61. The van der Waals surface area contributed by atoms with Gasteiger partial charge in [0.05, 0.1) is 5.54 Å². The van der Waals surface area contributed by atoms with Gasteiger partial charge in [0, 0.05) is 16.5 Å². The van der Waals surface area contributed by atoms with Crippen LogP contribution in [0.5, 0.6) is 0 Å². The average molecular weight is 312 g/mol. The molecule has 3 rings (SSSR count). The number of benzene rings is 1. The molecule has 1 heterocycles. The van der Waals surface area contributed by atoms with Gasteiger partial charge in [-0.05, 0) is 30.5 Å². The van der Waals surface area contributed by atoms with E-state index in [1.807, 2.05) is 6.07 Å². The van der Waals surface area contributed by atoms with Crippen LogP contribution in [0.4, 0.5) is 0 Å². The Kier molecular flexibility index (Phi) is 3.71. The second-order valence-corrected chi connectivity index (χ2v) is 6.07. The SMILES string of the molecule is NC1(c2nc(Cc3c(Cl)cccc3Cl)no2)CCCC1. The van der Waals surface area contributed by atoms with Gasteiger partial charge in [0.1, 0.15) is 0 Å². The van der Waals surface area contributed by atoms with E-state index in [9.17, 15) is 0 Å². The maximum atomic E-state index is 6.30. The molecule has 0 spiro atoms. The van der Waals surface area contributed by atoms with E-state index in [2.05, 4.69) is 10.1 Å². The molecule has 0 aliphatic heterocycles. The number of hydrogen-bond acceptors (Lipinski definition) is 4. The molecule has 1 aliphatic rings. The van der Waals surface area contributed by atoms with Crippen LogP contribution < -0.4 is 5.73 Å². The van der Waals surface area contributed by atoms with Gasteiger partial charge in [-0.25, -0.2) is 0 Å². The fourth-order valence-corrected chi connectivity index (χ4v) is 3.14. The summed E-state index contributed by atoms with van der Waals surface area (Å²) in [5, 5.41) is 5.21. The van der Waals surface area contributed by atoms with Crippen molar-refractivity contribution in [3.8, 4) is 0 Å². The van der Waals surface area contributed by atoms with Crippen molar-refractivity contribution in [1.82, 2.24) is 10.1 Å². The van der Waals surface area contributed by atoms with E-state index in [1.54, 1.807) is 12.1 Å². The molecule has 2 aromatic rings. The van der Waals surface area contributed by atoms with Gasteiger partial charge in [0.2, 0.25) is 5.89 Å². The maximum absolute atomic E-state index is 6.30. The zero-order valence-corrected chi connectivity index (χ0v) is 12.4. The third-order valence-electron chi connectivity index (χ3n) is 3.79. The minimum Gasteiger partial charge on any atom is -0.337 e. The molecule has 1 fully saturated rings. The first-order valence-electron chi connectivity index (χ1n) is 6.63. The number of hydrogen-bond donors (Lipinski definition) is 1. The first kappa shape index (κ1) is 13.9. The summed E-state index contributed by atoms with van der Waals surface area (Å²) in [6.45, 7) is 0. The van der Waals surface area contributed by atoms with Crippen molar-refractivity contribution < 1.29 is 4.52 Å². The predicted molar refractivity (Wildman–Crippen MR) is 77.9 cm³/mol. The van der Waals surface area contributed by atoms with Crippen molar-refractivity contribution in [2.75, 3.05) is 0 Å². The van der Waals surface area contributed by atoms with Crippen LogP contribution in [0, 0.1) is 0 Å². The van der Waals surface area contributed by atoms with Crippen LogP contribution in [0.15, 0.2) is 22.7 Å². The molecule has 1 saturated carbocycles. The van der Waals surface area contributed by atoms with Crippen molar-refractivity contribution >= 4 is 23.2 Å². The van der Waals surface area contributed by atoms with E-state index in [1.165, 1.54) is 0 Å². The van der Waals surface area contributed by atoms with Crippen LogP contribution in [0.1, 0.15) is 43.0 Å². The Morgan fingerprint density at radius 3 is 2.50 bits per heavy atom. The number of nitrogens with two attached hydrogens (primary N) is 1. The fraction of sp³-hybridized carbons (Fsp3) is 0.429. The standard InChI is InChI=1S/C14H15Cl2N3O/c15-10-4-3-5-11(16)9(10)8-12-18-13(20-19-12)14(17)6-1-2-7-14/h3-5H,1-2,6-8,17H2. The molecule has 106 valence electrons. The zero-order chi connectivity index (χ0) is 14.2. The second-order valence-electron chi connectivity index (χ2n) is 5.26. The third kappa shape index (κ3) is 2.55. The van der Waals surface area contributed by atoms with Gasteiger partial charge in [-0.1, -0.05) is 47.3 Å². The number of halogens is 2. The molecule has 1 aromatic carbocycles. The Balaban J connectivity index is 1.84. The van der Waals surface area contributed by atoms with Crippen LogP contribution >= 0.6 is 23.2 Å². The van der Waals surface area contributed by atoms with E-state index in [0.717, 1.165) is 31.2 Å². The van der Waals surface area contributed by atoms with Crippen LogP contribution in [0.25, 0.3) is 0 Å². The van der Waals surface area contributed by atoms with Crippen molar-refractivity contribution in [2.24, 2.45) is 5.73 Å². The monoisotopic (exact) mass is 311 g/mol. The average Bonchev–Trinajstić information content (AvgIpc) is 3.04. The summed E-state index contributed by atoms with van der Waals surface area (Å²) < 4.78 is 5.33. The molecular formula is C14H15Cl2N3O. The van der Waals surface area contributed by atoms with Gasteiger partial charge in [0.15, 0.2) is 5.82 Å². The van der Waals surface area contributed by atoms with E-state index >= 15 is 0 Å². The first-order chi connectivity index (χ1) is 9.58. The van der Waals surface area contributed by atoms with Crippen molar-refractivity contribution in [3.63, 3.8) is 0 Å². The summed E-state index contributed by atoms with van der Waals surface area (Å²) in [4.78, 5) is 4.42. The molecule has 20 heavy (non-hydrogen) atoms.